The summed E-state index contributed by atoms with van der Waals surface area (Å²) in [6, 6.07) is 13.3. The molecule has 1 N–H and O–H groups in total. The van der Waals surface area contributed by atoms with Gasteiger partial charge in [-0.05, 0) is 43.7 Å². The van der Waals surface area contributed by atoms with Crippen LogP contribution in [-0.4, -0.2) is 22.2 Å². The summed E-state index contributed by atoms with van der Waals surface area (Å²) >= 11 is 7.23. The van der Waals surface area contributed by atoms with Crippen LogP contribution in [0, 0.1) is 0 Å². The van der Waals surface area contributed by atoms with Crippen molar-refractivity contribution in [1.82, 2.24) is 4.57 Å². The van der Waals surface area contributed by atoms with Crippen LogP contribution in [0.4, 0.5) is 0 Å². The van der Waals surface area contributed by atoms with Crippen LogP contribution in [0.2, 0.25) is 5.02 Å². The number of aromatic hydroxyl groups is 1. The van der Waals surface area contributed by atoms with Crippen molar-refractivity contribution in [2.45, 2.75) is 19.9 Å². The molecule has 4 rings (SSSR count). The molecule has 0 aliphatic carbocycles. The average Bonchev–Trinajstić information content (AvgIpc) is 3.05. The number of esters is 1. The fourth-order valence-electron chi connectivity index (χ4n) is 3.52. The molecule has 0 amide bonds. The molecule has 0 spiro atoms. The number of phenols is 1. The topological polar surface area (TPSA) is 80.9 Å². The van der Waals surface area contributed by atoms with Crippen molar-refractivity contribution in [3.05, 3.63) is 95.6 Å². The van der Waals surface area contributed by atoms with Crippen molar-refractivity contribution in [1.29, 1.82) is 0 Å². The Kier molecular flexibility index (Phi) is 5.80. The van der Waals surface area contributed by atoms with Gasteiger partial charge in [0.25, 0.3) is 5.56 Å². The highest BCUT2D eigenvalue weighted by molar-refractivity contribution is 7.07. The van der Waals surface area contributed by atoms with Gasteiger partial charge < -0.3 is 9.84 Å². The van der Waals surface area contributed by atoms with Crippen LogP contribution in [0.3, 0.4) is 0 Å². The number of allylic oxidation sites excluding steroid dienone is 1. The van der Waals surface area contributed by atoms with E-state index in [4.69, 9.17) is 16.3 Å². The average molecular weight is 455 g/mol. The maximum atomic E-state index is 13.4. The lowest BCUT2D eigenvalue weighted by Crippen LogP contribution is -2.39. The number of aromatic nitrogens is 1. The van der Waals surface area contributed by atoms with Crippen LogP contribution < -0.4 is 14.9 Å². The Bertz CT molecular complexity index is 1370. The maximum Gasteiger partial charge on any atom is 0.338 e. The quantitative estimate of drug-likeness (QED) is 0.614. The Balaban J connectivity index is 1.97. The predicted molar refractivity (Wildman–Crippen MR) is 120 cm³/mol. The summed E-state index contributed by atoms with van der Waals surface area (Å²) in [7, 11) is 0. The second kappa shape index (κ2) is 8.53. The standard InChI is InChI=1S/C23H19ClN2O4S/c1-3-30-22(29)19-13(2)25-23-26(20(19)14-7-5-4-6-8-14)21(28)18(31-23)12-15-11-16(24)9-10-17(15)27/h4-12,20,27H,3H2,1-2H3/t20-/m1/s1. The van der Waals surface area contributed by atoms with E-state index in [0.717, 1.165) is 5.56 Å². The molecule has 0 radical (unpaired) electrons. The number of benzene rings is 2. The fraction of sp³-hybridized carbons (Fsp3) is 0.174. The zero-order chi connectivity index (χ0) is 22.1. The smallest absolute Gasteiger partial charge is 0.338 e. The molecule has 2 aromatic carbocycles. The SMILES string of the molecule is CCOC(=O)C1=C(C)N=c2sc(=Cc3cc(Cl)ccc3O)c(=O)n2[C@@H]1c1ccccc1. The van der Waals surface area contributed by atoms with Crippen molar-refractivity contribution in [3.63, 3.8) is 0 Å². The van der Waals surface area contributed by atoms with Gasteiger partial charge in [-0.2, -0.15) is 0 Å². The summed E-state index contributed by atoms with van der Waals surface area (Å²) in [5.41, 5.74) is 1.73. The minimum Gasteiger partial charge on any atom is -0.507 e. The van der Waals surface area contributed by atoms with Crippen LogP contribution in [0.5, 0.6) is 5.75 Å². The maximum absolute atomic E-state index is 13.4. The number of thiazole rings is 1. The molecule has 1 aliphatic rings. The first-order chi connectivity index (χ1) is 14.9. The molecule has 0 saturated heterocycles. The molecular weight excluding hydrogens is 436 g/mol. The van der Waals surface area contributed by atoms with Crippen molar-refractivity contribution in [3.8, 4) is 5.75 Å². The van der Waals surface area contributed by atoms with Gasteiger partial charge in [-0.25, -0.2) is 9.79 Å². The largest absolute Gasteiger partial charge is 0.507 e. The minimum atomic E-state index is -0.661. The van der Waals surface area contributed by atoms with E-state index < -0.39 is 12.0 Å². The summed E-state index contributed by atoms with van der Waals surface area (Å²) < 4.78 is 7.14. The Labute approximate surface area is 187 Å². The molecule has 8 heteroatoms. The van der Waals surface area contributed by atoms with Gasteiger partial charge in [0.1, 0.15) is 5.75 Å². The second-order valence-corrected chi connectivity index (χ2v) is 8.36. The first-order valence-corrected chi connectivity index (χ1v) is 10.8. The number of phenolic OH excluding ortho intramolecular Hbond substituents is 1. The third-order valence-electron chi connectivity index (χ3n) is 4.91. The van der Waals surface area contributed by atoms with E-state index in [1.807, 2.05) is 30.3 Å². The molecule has 0 saturated carbocycles. The van der Waals surface area contributed by atoms with Gasteiger partial charge in [0.05, 0.1) is 28.5 Å². The lowest BCUT2D eigenvalue weighted by Gasteiger charge is -2.24. The normalized spacial score (nSPS) is 16.1. The Morgan fingerprint density at radius 1 is 1.29 bits per heavy atom. The van der Waals surface area contributed by atoms with E-state index >= 15 is 0 Å². The molecule has 1 aliphatic heterocycles. The first kappa shape index (κ1) is 21.1. The minimum absolute atomic E-state index is 0.0123. The lowest BCUT2D eigenvalue weighted by molar-refractivity contribution is -0.139. The van der Waals surface area contributed by atoms with E-state index in [0.29, 0.717) is 31.2 Å². The summed E-state index contributed by atoms with van der Waals surface area (Å²) in [6.45, 7) is 3.69. The molecule has 31 heavy (non-hydrogen) atoms. The summed E-state index contributed by atoms with van der Waals surface area (Å²) in [6.07, 6.45) is 1.58. The van der Waals surface area contributed by atoms with E-state index in [2.05, 4.69) is 4.99 Å². The third-order valence-corrected chi connectivity index (χ3v) is 6.13. The van der Waals surface area contributed by atoms with Gasteiger partial charge in [-0.3, -0.25) is 9.36 Å². The van der Waals surface area contributed by atoms with E-state index in [1.54, 1.807) is 32.1 Å². The van der Waals surface area contributed by atoms with Crippen LogP contribution in [0.1, 0.15) is 31.0 Å². The second-order valence-electron chi connectivity index (χ2n) is 6.92. The van der Waals surface area contributed by atoms with Gasteiger partial charge in [0.15, 0.2) is 4.80 Å². The zero-order valence-electron chi connectivity index (χ0n) is 16.8. The molecular formula is C23H19ClN2O4S. The molecule has 1 atom stereocenters. The van der Waals surface area contributed by atoms with Gasteiger partial charge >= 0.3 is 5.97 Å². The Morgan fingerprint density at radius 3 is 2.74 bits per heavy atom. The number of ether oxygens (including phenoxy) is 1. The number of hydrogen-bond acceptors (Lipinski definition) is 6. The molecule has 6 nitrogen and oxygen atoms in total. The molecule has 0 unspecified atom stereocenters. The zero-order valence-corrected chi connectivity index (χ0v) is 18.4. The summed E-state index contributed by atoms with van der Waals surface area (Å²) in [5.74, 6) is -0.488. The number of carbonyl (C=O) groups excluding carboxylic acids is 1. The van der Waals surface area contributed by atoms with Gasteiger partial charge in [0, 0.05) is 10.6 Å². The lowest BCUT2D eigenvalue weighted by atomic mass is 9.96. The van der Waals surface area contributed by atoms with Crippen LogP contribution in [0.25, 0.3) is 6.08 Å². The highest BCUT2D eigenvalue weighted by Gasteiger charge is 2.33. The Hall–Kier alpha value is -3.16. The van der Waals surface area contributed by atoms with Crippen molar-refractivity contribution in [2.75, 3.05) is 6.61 Å². The highest BCUT2D eigenvalue weighted by atomic mass is 35.5. The van der Waals surface area contributed by atoms with Gasteiger partial charge in [-0.1, -0.05) is 53.3 Å². The number of rotatable bonds is 4. The van der Waals surface area contributed by atoms with E-state index in [-0.39, 0.29) is 17.9 Å². The summed E-state index contributed by atoms with van der Waals surface area (Å²) in [5, 5.41) is 10.6. The monoisotopic (exact) mass is 454 g/mol. The molecule has 1 aromatic heterocycles. The predicted octanol–water partition coefficient (Wildman–Crippen LogP) is 3.16. The number of fused-ring (bicyclic) bond motifs is 1. The molecule has 2 heterocycles. The first-order valence-electron chi connectivity index (χ1n) is 9.64. The van der Waals surface area contributed by atoms with Gasteiger partial charge in [0.2, 0.25) is 0 Å². The molecule has 158 valence electrons. The highest BCUT2D eigenvalue weighted by Crippen LogP contribution is 2.30. The van der Waals surface area contributed by atoms with Crippen molar-refractivity contribution in [2.24, 2.45) is 4.99 Å². The van der Waals surface area contributed by atoms with Crippen molar-refractivity contribution >= 4 is 35.0 Å². The number of nitrogens with zero attached hydrogens (tertiary/aromatic N) is 2. The fourth-order valence-corrected chi connectivity index (χ4v) is 4.74. The summed E-state index contributed by atoms with van der Waals surface area (Å²) in [4.78, 5) is 31.2. The van der Waals surface area contributed by atoms with Crippen LogP contribution in [-0.2, 0) is 9.53 Å². The van der Waals surface area contributed by atoms with Crippen LogP contribution >= 0.6 is 22.9 Å². The Morgan fingerprint density at radius 2 is 2.03 bits per heavy atom. The van der Waals surface area contributed by atoms with Crippen molar-refractivity contribution < 1.29 is 14.6 Å². The molecule has 0 bridgehead atoms. The third kappa shape index (κ3) is 3.94. The number of halogens is 1. The number of hydrogen-bond donors (Lipinski definition) is 1. The van der Waals surface area contributed by atoms with E-state index in [9.17, 15) is 14.7 Å². The van der Waals surface area contributed by atoms with E-state index in [1.165, 1.54) is 22.0 Å². The number of carbonyl (C=O) groups is 1. The molecule has 3 aromatic rings. The van der Waals surface area contributed by atoms with Crippen LogP contribution in [0.15, 0.2) is 69.6 Å². The van der Waals surface area contributed by atoms with Gasteiger partial charge in [-0.15, -0.1) is 0 Å². The molecule has 0 fully saturated rings.